The van der Waals surface area contributed by atoms with Gasteiger partial charge in [0.25, 0.3) is 6.47 Å². The van der Waals surface area contributed by atoms with Crippen molar-refractivity contribution in [2.75, 3.05) is 0 Å². The molecule has 0 spiro atoms. The lowest BCUT2D eigenvalue weighted by Crippen LogP contribution is -1.66. The first-order chi connectivity index (χ1) is 5.61. The maximum absolute atomic E-state index is 8.36. The number of halogens is 3. The summed E-state index contributed by atoms with van der Waals surface area (Å²) in [5, 5.41) is 8.51. The van der Waals surface area contributed by atoms with Crippen molar-refractivity contribution in [2.24, 2.45) is 0 Å². The van der Waals surface area contributed by atoms with Gasteiger partial charge in [0.1, 0.15) is 0 Å². The SMILES string of the molecule is Clc1ccc(Cl)c(Cl)c1.O=CO. The summed E-state index contributed by atoms with van der Waals surface area (Å²) in [7, 11) is 0. The highest BCUT2D eigenvalue weighted by Crippen LogP contribution is 2.24. The molecule has 2 nitrogen and oxygen atoms in total. The van der Waals surface area contributed by atoms with E-state index in [4.69, 9.17) is 44.7 Å². The van der Waals surface area contributed by atoms with Crippen molar-refractivity contribution >= 4 is 41.3 Å². The molecule has 0 unspecified atom stereocenters. The molecule has 1 aromatic rings. The van der Waals surface area contributed by atoms with E-state index in [0.717, 1.165) is 0 Å². The molecule has 1 rings (SSSR count). The Labute approximate surface area is 84.7 Å². The zero-order valence-corrected chi connectivity index (χ0v) is 8.07. The largest absolute Gasteiger partial charge is 0.483 e. The molecule has 0 heterocycles. The lowest BCUT2D eigenvalue weighted by Gasteiger charge is -1.92. The van der Waals surface area contributed by atoms with Crippen LogP contribution < -0.4 is 0 Å². The first-order valence-electron chi connectivity index (χ1n) is 2.80. The maximum Gasteiger partial charge on any atom is 0.290 e. The van der Waals surface area contributed by atoms with E-state index in [1.807, 2.05) is 0 Å². The van der Waals surface area contributed by atoms with Crippen molar-refractivity contribution in [1.29, 1.82) is 0 Å². The number of carboxylic acid groups (broad SMARTS) is 1. The van der Waals surface area contributed by atoms with Crippen LogP contribution in [-0.4, -0.2) is 11.6 Å². The molecule has 0 atom stereocenters. The second kappa shape index (κ2) is 6.12. The van der Waals surface area contributed by atoms with E-state index in [2.05, 4.69) is 0 Å². The van der Waals surface area contributed by atoms with Crippen LogP contribution in [0.5, 0.6) is 0 Å². The minimum absolute atomic E-state index is 0.250. The third kappa shape index (κ3) is 4.44. The van der Waals surface area contributed by atoms with Crippen molar-refractivity contribution in [3.63, 3.8) is 0 Å². The Morgan fingerprint density at radius 1 is 1.17 bits per heavy atom. The van der Waals surface area contributed by atoms with Gasteiger partial charge in [0.05, 0.1) is 10.0 Å². The zero-order chi connectivity index (χ0) is 9.56. The summed E-state index contributed by atoms with van der Waals surface area (Å²) in [5.41, 5.74) is 0. The summed E-state index contributed by atoms with van der Waals surface area (Å²) in [6.07, 6.45) is 0. The van der Waals surface area contributed by atoms with E-state index in [1.165, 1.54) is 0 Å². The first-order valence-corrected chi connectivity index (χ1v) is 3.93. The third-order valence-electron chi connectivity index (χ3n) is 0.882. The molecule has 0 aliphatic rings. The molecule has 0 amide bonds. The smallest absolute Gasteiger partial charge is 0.290 e. The van der Waals surface area contributed by atoms with E-state index >= 15 is 0 Å². The van der Waals surface area contributed by atoms with Gasteiger partial charge in [-0.2, -0.15) is 0 Å². The van der Waals surface area contributed by atoms with Crippen molar-refractivity contribution in [1.82, 2.24) is 0 Å². The Morgan fingerprint density at radius 3 is 2.00 bits per heavy atom. The molecule has 0 aliphatic carbocycles. The number of hydrogen-bond donors (Lipinski definition) is 1. The molecule has 0 radical (unpaired) electrons. The number of benzene rings is 1. The first kappa shape index (κ1) is 11.6. The van der Waals surface area contributed by atoms with Gasteiger partial charge in [-0.15, -0.1) is 0 Å². The molecule has 5 heteroatoms. The highest BCUT2D eigenvalue weighted by molar-refractivity contribution is 6.43. The van der Waals surface area contributed by atoms with Crippen LogP contribution in [0.25, 0.3) is 0 Å². The topological polar surface area (TPSA) is 37.3 Å². The molecule has 12 heavy (non-hydrogen) atoms. The quantitative estimate of drug-likeness (QED) is 0.545. The molecule has 0 fully saturated rings. The van der Waals surface area contributed by atoms with Gasteiger partial charge in [0.15, 0.2) is 0 Å². The van der Waals surface area contributed by atoms with Gasteiger partial charge in [-0.1, -0.05) is 34.8 Å². The second-order valence-corrected chi connectivity index (χ2v) is 2.91. The van der Waals surface area contributed by atoms with Crippen molar-refractivity contribution < 1.29 is 9.90 Å². The van der Waals surface area contributed by atoms with Crippen molar-refractivity contribution in [3.8, 4) is 0 Å². The molecule has 0 saturated heterocycles. The summed E-state index contributed by atoms with van der Waals surface area (Å²) in [6, 6.07) is 4.95. The van der Waals surface area contributed by atoms with Gasteiger partial charge in [0.2, 0.25) is 0 Å². The molecule has 0 aromatic heterocycles. The predicted octanol–water partition coefficient (Wildman–Crippen LogP) is 3.35. The average Bonchev–Trinajstić information content (AvgIpc) is 1.99. The lowest BCUT2D eigenvalue weighted by atomic mass is 10.4. The predicted molar refractivity (Wildman–Crippen MR) is 50.2 cm³/mol. The van der Waals surface area contributed by atoms with Crippen LogP contribution in [0.2, 0.25) is 15.1 Å². The van der Waals surface area contributed by atoms with Crippen LogP contribution in [0.15, 0.2) is 18.2 Å². The molecule has 0 aliphatic heterocycles. The van der Waals surface area contributed by atoms with Crippen LogP contribution in [0.1, 0.15) is 0 Å². The Hall–Kier alpha value is -0.440. The van der Waals surface area contributed by atoms with Gasteiger partial charge >= 0.3 is 0 Å². The highest BCUT2D eigenvalue weighted by atomic mass is 35.5. The summed E-state index contributed by atoms with van der Waals surface area (Å²) < 4.78 is 0. The second-order valence-electron chi connectivity index (χ2n) is 1.66. The van der Waals surface area contributed by atoms with E-state index in [9.17, 15) is 0 Å². The minimum Gasteiger partial charge on any atom is -0.483 e. The van der Waals surface area contributed by atoms with E-state index < -0.39 is 0 Å². The summed E-state index contributed by atoms with van der Waals surface area (Å²) in [4.78, 5) is 8.36. The summed E-state index contributed by atoms with van der Waals surface area (Å²) >= 11 is 16.8. The van der Waals surface area contributed by atoms with E-state index in [0.29, 0.717) is 15.1 Å². The number of hydrogen-bond acceptors (Lipinski definition) is 1. The van der Waals surface area contributed by atoms with Crippen LogP contribution in [0.3, 0.4) is 0 Å². The number of carbonyl (C=O) groups is 1. The van der Waals surface area contributed by atoms with Crippen LogP contribution >= 0.6 is 34.8 Å². The highest BCUT2D eigenvalue weighted by Gasteiger charge is 1.94. The summed E-state index contributed by atoms with van der Waals surface area (Å²) in [6.45, 7) is -0.250. The van der Waals surface area contributed by atoms with Gasteiger partial charge in [-0.3, -0.25) is 4.79 Å². The fourth-order valence-corrected chi connectivity index (χ4v) is 0.997. The van der Waals surface area contributed by atoms with E-state index in [-0.39, 0.29) is 6.47 Å². The summed E-state index contributed by atoms with van der Waals surface area (Å²) in [5.74, 6) is 0. The van der Waals surface area contributed by atoms with Gasteiger partial charge in [0, 0.05) is 5.02 Å². The van der Waals surface area contributed by atoms with Crippen molar-refractivity contribution in [3.05, 3.63) is 33.3 Å². The molecule has 1 aromatic carbocycles. The fraction of sp³-hybridized carbons (Fsp3) is 0. The third-order valence-corrected chi connectivity index (χ3v) is 1.86. The lowest BCUT2D eigenvalue weighted by molar-refractivity contribution is -0.122. The Kier molecular flexibility index (Phi) is 5.89. The zero-order valence-electron chi connectivity index (χ0n) is 5.80. The number of rotatable bonds is 0. The van der Waals surface area contributed by atoms with Gasteiger partial charge < -0.3 is 5.11 Å². The van der Waals surface area contributed by atoms with Crippen LogP contribution in [0, 0.1) is 0 Å². The Bertz CT molecular complexity index is 263. The molecule has 1 N–H and O–H groups in total. The molecule has 0 bridgehead atoms. The van der Waals surface area contributed by atoms with Crippen LogP contribution in [-0.2, 0) is 4.79 Å². The van der Waals surface area contributed by atoms with E-state index in [1.54, 1.807) is 18.2 Å². The molecular formula is C7H5Cl3O2. The molecular weight excluding hydrogens is 222 g/mol. The molecule has 66 valence electrons. The minimum atomic E-state index is -0.250. The normalized spacial score (nSPS) is 8.25. The standard InChI is InChI=1S/C6H3Cl3.CH2O2/c7-4-1-2-5(8)6(9)3-4;2-1-3/h1-3H;1H,(H,2,3). The Balaban J connectivity index is 0.000000354. The fourth-order valence-electron chi connectivity index (χ4n) is 0.470. The monoisotopic (exact) mass is 226 g/mol. The average molecular weight is 227 g/mol. The van der Waals surface area contributed by atoms with Crippen molar-refractivity contribution in [2.45, 2.75) is 0 Å². The maximum atomic E-state index is 8.36. The molecule has 0 saturated carbocycles. The van der Waals surface area contributed by atoms with Crippen LogP contribution in [0.4, 0.5) is 0 Å². The van der Waals surface area contributed by atoms with Gasteiger partial charge in [-0.05, 0) is 18.2 Å². The Morgan fingerprint density at radius 2 is 1.67 bits per heavy atom. The van der Waals surface area contributed by atoms with Gasteiger partial charge in [-0.25, -0.2) is 0 Å².